The van der Waals surface area contributed by atoms with Gasteiger partial charge in [0.1, 0.15) is 18.0 Å². The highest BCUT2D eigenvalue weighted by atomic mass is 32.2. The Morgan fingerprint density at radius 1 is 0.977 bits per heavy atom. The highest BCUT2D eigenvalue weighted by Crippen LogP contribution is 2.40. The molecule has 2 amide bonds. The predicted molar refractivity (Wildman–Crippen MR) is 178 cm³/mol. The number of carbonyl (C=O) groups is 2. The minimum atomic E-state index is -0.00613. The molecule has 4 aromatic rings. The lowest BCUT2D eigenvalue weighted by Crippen LogP contribution is -2.40. The van der Waals surface area contributed by atoms with E-state index < -0.39 is 0 Å². The first-order valence-electron chi connectivity index (χ1n) is 15.5. The molecule has 1 saturated carbocycles. The van der Waals surface area contributed by atoms with Crippen LogP contribution >= 0.6 is 11.8 Å². The van der Waals surface area contributed by atoms with Crippen molar-refractivity contribution >= 4 is 57.1 Å². The van der Waals surface area contributed by atoms with Crippen molar-refractivity contribution in [2.75, 3.05) is 18.6 Å². The largest absolute Gasteiger partial charge is 0.494 e. The lowest BCUT2D eigenvalue weighted by atomic mass is 9.94. The predicted octanol–water partition coefficient (Wildman–Crippen LogP) is 7.57. The molecule has 0 spiro atoms. The van der Waals surface area contributed by atoms with Crippen LogP contribution in [0.2, 0.25) is 0 Å². The number of benzene rings is 3. The third-order valence-corrected chi connectivity index (χ3v) is 9.88. The number of thioether (sulfide) groups is 1. The number of rotatable bonds is 6. The molecule has 0 radical (unpaired) electrons. The smallest absolute Gasteiger partial charge is 0.267 e. The van der Waals surface area contributed by atoms with Crippen LogP contribution in [0.1, 0.15) is 49.7 Å². The van der Waals surface area contributed by atoms with E-state index in [4.69, 9.17) is 9.73 Å². The van der Waals surface area contributed by atoms with Gasteiger partial charge in [-0.05, 0) is 73.4 Å². The summed E-state index contributed by atoms with van der Waals surface area (Å²) in [5.41, 5.74) is 4.84. The van der Waals surface area contributed by atoms with Crippen LogP contribution in [0, 0.1) is 0 Å². The summed E-state index contributed by atoms with van der Waals surface area (Å²) in [6.07, 6.45) is 11.3. The number of methoxy groups -OCH3 is 1. The SMILES string of the molecule is COc1ccccc1N=C1S/C(=C/c2cn(CC(=O)N3CCCc4ccccc43)c3ccccc23)C(=O)N1C1CCCCC1. The third-order valence-electron chi connectivity index (χ3n) is 8.90. The van der Waals surface area contributed by atoms with Crippen LogP contribution in [-0.4, -0.2) is 46.1 Å². The third kappa shape index (κ3) is 5.43. The lowest BCUT2D eigenvalue weighted by molar-refractivity contribution is -0.124. The first kappa shape index (κ1) is 28.5. The number of hydrogen-bond donors (Lipinski definition) is 0. The molecule has 0 bridgehead atoms. The molecule has 0 atom stereocenters. The second kappa shape index (κ2) is 12.4. The molecule has 3 aliphatic rings. The zero-order valence-corrected chi connectivity index (χ0v) is 25.8. The summed E-state index contributed by atoms with van der Waals surface area (Å²) >= 11 is 1.42. The number of carbonyl (C=O) groups excluding carboxylic acids is 2. The average Bonchev–Trinajstić information content (AvgIpc) is 3.57. The molecule has 2 fully saturated rings. The number of nitrogens with zero attached hydrogens (tertiary/aromatic N) is 4. The van der Waals surface area contributed by atoms with Crippen LogP contribution < -0.4 is 9.64 Å². The molecule has 2 aliphatic heterocycles. The van der Waals surface area contributed by atoms with Gasteiger partial charge in [-0.2, -0.15) is 0 Å². The standard InChI is InChI=1S/C36H36N4O3S/c1-43-32-20-10-7-17-29(32)37-36-40(27-14-3-2-4-15-27)35(42)33(44-36)22-26-23-38(31-19-9-6-16-28(26)31)24-34(41)39-21-11-13-25-12-5-8-18-30(25)39/h5-10,12,16-20,22-23,27H,2-4,11,13-15,21,24H2,1H3/b33-22+,37-36?. The number of ether oxygens (including phenoxy) is 1. The van der Waals surface area contributed by atoms with Crippen molar-refractivity contribution in [3.63, 3.8) is 0 Å². The van der Waals surface area contributed by atoms with E-state index in [1.165, 1.54) is 23.7 Å². The van der Waals surface area contributed by atoms with Gasteiger partial charge < -0.3 is 14.2 Å². The van der Waals surface area contributed by atoms with Crippen LogP contribution in [0.3, 0.4) is 0 Å². The quantitative estimate of drug-likeness (QED) is 0.213. The van der Waals surface area contributed by atoms with E-state index in [1.807, 2.05) is 87.3 Å². The van der Waals surface area contributed by atoms with Crippen LogP contribution in [0.5, 0.6) is 5.75 Å². The number of hydrogen-bond acceptors (Lipinski definition) is 5. The van der Waals surface area contributed by atoms with Crippen molar-refractivity contribution in [3.05, 3.63) is 95.0 Å². The molecule has 0 N–H and O–H groups in total. The molecule has 1 saturated heterocycles. The van der Waals surface area contributed by atoms with Crippen LogP contribution in [-0.2, 0) is 22.6 Å². The summed E-state index contributed by atoms with van der Waals surface area (Å²) in [7, 11) is 1.64. The fourth-order valence-corrected chi connectivity index (χ4v) is 7.78. The Balaban J connectivity index is 1.23. The first-order valence-corrected chi connectivity index (χ1v) is 16.3. The summed E-state index contributed by atoms with van der Waals surface area (Å²) in [5.74, 6) is 0.740. The second-order valence-electron chi connectivity index (χ2n) is 11.7. The highest BCUT2D eigenvalue weighted by Gasteiger charge is 2.39. The molecule has 1 aliphatic carbocycles. The summed E-state index contributed by atoms with van der Waals surface area (Å²) in [6.45, 7) is 0.955. The Morgan fingerprint density at radius 3 is 2.61 bits per heavy atom. The number of fused-ring (bicyclic) bond motifs is 2. The Bertz CT molecular complexity index is 1780. The van der Waals surface area contributed by atoms with E-state index in [1.54, 1.807) is 7.11 Å². The molecule has 7 rings (SSSR count). The number of para-hydroxylation sites is 4. The molecule has 3 heterocycles. The molecule has 44 heavy (non-hydrogen) atoms. The average molecular weight is 605 g/mol. The van der Waals surface area contributed by atoms with Gasteiger partial charge >= 0.3 is 0 Å². The summed E-state index contributed by atoms with van der Waals surface area (Å²) in [5, 5.41) is 1.71. The van der Waals surface area contributed by atoms with Gasteiger partial charge in [0.05, 0.1) is 12.0 Å². The van der Waals surface area contributed by atoms with Gasteiger partial charge in [-0.1, -0.05) is 67.8 Å². The molecular weight excluding hydrogens is 568 g/mol. The van der Waals surface area contributed by atoms with Gasteiger partial charge in [-0.3, -0.25) is 14.5 Å². The number of amides is 2. The second-order valence-corrected chi connectivity index (χ2v) is 12.7. The molecule has 8 heteroatoms. The Hall–Kier alpha value is -4.30. The van der Waals surface area contributed by atoms with Crippen LogP contribution in [0.25, 0.3) is 17.0 Å². The van der Waals surface area contributed by atoms with Crippen molar-refractivity contribution < 1.29 is 14.3 Å². The zero-order valence-electron chi connectivity index (χ0n) is 24.9. The van der Waals surface area contributed by atoms with Crippen molar-refractivity contribution in [1.29, 1.82) is 0 Å². The zero-order chi connectivity index (χ0) is 30.0. The van der Waals surface area contributed by atoms with Gasteiger partial charge in [0, 0.05) is 40.9 Å². The number of aliphatic imine (C=N–C) groups is 1. The summed E-state index contributed by atoms with van der Waals surface area (Å²) < 4.78 is 7.59. The number of anilines is 1. The van der Waals surface area contributed by atoms with Gasteiger partial charge in [0.2, 0.25) is 5.91 Å². The fraction of sp³-hybridized carbons (Fsp3) is 0.306. The van der Waals surface area contributed by atoms with Gasteiger partial charge in [0.25, 0.3) is 5.91 Å². The van der Waals surface area contributed by atoms with Crippen molar-refractivity contribution in [2.45, 2.75) is 57.5 Å². The van der Waals surface area contributed by atoms with Gasteiger partial charge in [0.15, 0.2) is 5.17 Å². The van der Waals surface area contributed by atoms with Crippen LogP contribution in [0.4, 0.5) is 11.4 Å². The van der Waals surface area contributed by atoms with Crippen molar-refractivity contribution in [3.8, 4) is 5.75 Å². The number of amidine groups is 1. The molecule has 7 nitrogen and oxygen atoms in total. The Labute approximate surface area is 262 Å². The van der Waals surface area contributed by atoms with Gasteiger partial charge in [-0.25, -0.2) is 4.99 Å². The number of aryl methyl sites for hydroxylation is 1. The summed E-state index contributed by atoms with van der Waals surface area (Å²) in [4.78, 5) is 37.2. The molecule has 224 valence electrons. The van der Waals surface area contributed by atoms with E-state index in [0.29, 0.717) is 21.5 Å². The minimum absolute atomic E-state index is 0.00613. The van der Waals surface area contributed by atoms with E-state index in [-0.39, 0.29) is 24.4 Å². The van der Waals surface area contributed by atoms with E-state index in [9.17, 15) is 9.59 Å². The monoisotopic (exact) mass is 604 g/mol. The fourth-order valence-electron chi connectivity index (χ4n) is 6.74. The Kier molecular flexibility index (Phi) is 8.00. The normalized spacial score (nSPS) is 19.2. The minimum Gasteiger partial charge on any atom is -0.494 e. The summed E-state index contributed by atoms with van der Waals surface area (Å²) in [6, 6.07) is 24.1. The molecule has 3 aromatic carbocycles. The van der Waals surface area contributed by atoms with Crippen LogP contribution in [0.15, 0.2) is 88.9 Å². The topological polar surface area (TPSA) is 67.1 Å². The molecule has 0 unspecified atom stereocenters. The lowest BCUT2D eigenvalue weighted by Gasteiger charge is -2.30. The maximum atomic E-state index is 14.1. The highest BCUT2D eigenvalue weighted by molar-refractivity contribution is 8.18. The van der Waals surface area contributed by atoms with E-state index in [0.717, 1.165) is 67.2 Å². The number of aromatic nitrogens is 1. The van der Waals surface area contributed by atoms with Crippen molar-refractivity contribution in [1.82, 2.24) is 9.47 Å². The molecule has 1 aromatic heterocycles. The Morgan fingerprint density at radius 2 is 1.75 bits per heavy atom. The van der Waals surface area contributed by atoms with E-state index >= 15 is 0 Å². The first-order chi connectivity index (χ1) is 21.6. The maximum Gasteiger partial charge on any atom is 0.267 e. The molecular formula is C36H36N4O3S. The van der Waals surface area contributed by atoms with E-state index in [2.05, 4.69) is 12.1 Å². The maximum absolute atomic E-state index is 14.1. The van der Waals surface area contributed by atoms with Gasteiger partial charge in [-0.15, -0.1) is 0 Å². The van der Waals surface area contributed by atoms with Crippen molar-refractivity contribution in [2.24, 2.45) is 4.99 Å².